The number of benzene rings is 1. The zero-order valence-electron chi connectivity index (χ0n) is 19.2. The summed E-state index contributed by atoms with van der Waals surface area (Å²) < 4.78 is 5.68. The van der Waals surface area contributed by atoms with Crippen molar-refractivity contribution in [2.75, 3.05) is 6.61 Å². The van der Waals surface area contributed by atoms with Crippen molar-refractivity contribution in [3.63, 3.8) is 0 Å². The van der Waals surface area contributed by atoms with E-state index in [1.165, 1.54) is 0 Å². The van der Waals surface area contributed by atoms with Gasteiger partial charge in [0.1, 0.15) is 18.5 Å². The van der Waals surface area contributed by atoms with Gasteiger partial charge in [-0.2, -0.15) is 11.8 Å². The normalized spacial score (nSPS) is 29.6. The Morgan fingerprint density at radius 1 is 1.31 bits per heavy atom. The molecule has 6 heteroatoms. The molecule has 178 valence electrons. The summed E-state index contributed by atoms with van der Waals surface area (Å²) >= 11 is 1.95. The van der Waals surface area contributed by atoms with Crippen LogP contribution in [-0.2, 0) is 4.79 Å². The highest BCUT2D eigenvalue weighted by Crippen LogP contribution is 2.50. The van der Waals surface area contributed by atoms with Gasteiger partial charge in [0.05, 0.1) is 12.0 Å². The molecule has 2 aliphatic rings. The molecule has 1 unspecified atom stereocenters. The van der Waals surface area contributed by atoms with Crippen LogP contribution in [0.1, 0.15) is 57.4 Å². The van der Waals surface area contributed by atoms with Crippen LogP contribution in [0, 0.1) is 24.7 Å². The Bertz CT molecular complexity index is 766. The molecule has 3 rings (SSSR count). The number of aliphatic hydroxyl groups excluding tert-OH is 2. The van der Waals surface area contributed by atoms with E-state index in [0.717, 1.165) is 56.3 Å². The lowest BCUT2D eigenvalue weighted by atomic mass is 9.87. The number of aliphatic hydroxyl groups is 2. The zero-order chi connectivity index (χ0) is 23.1. The molecule has 3 N–H and O–H groups in total. The highest BCUT2D eigenvalue weighted by Gasteiger charge is 2.44. The number of rotatable bonds is 11. The van der Waals surface area contributed by atoms with Crippen molar-refractivity contribution in [2.24, 2.45) is 17.8 Å². The van der Waals surface area contributed by atoms with Crippen LogP contribution in [0.15, 0.2) is 36.4 Å². The predicted molar refractivity (Wildman–Crippen MR) is 129 cm³/mol. The summed E-state index contributed by atoms with van der Waals surface area (Å²) in [4.78, 5) is 11.4. The van der Waals surface area contributed by atoms with Crippen molar-refractivity contribution in [1.29, 1.82) is 0 Å². The van der Waals surface area contributed by atoms with E-state index in [0.29, 0.717) is 16.4 Å². The third kappa shape index (κ3) is 7.00. The van der Waals surface area contributed by atoms with Gasteiger partial charge in [-0.1, -0.05) is 37.6 Å². The number of carboxylic acids is 1. The number of hydrogen-bond acceptors (Lipinski definition) is 5. The number of aliphatic carboxylic acids is 1. The third-order valence-corrected chi connectivity index (χ3v) is 8.62. The first-order valence-electron chi connectivity index (χ1n) is 12.0. The van der Waals surface area contributed by atoms with Crippen LogP contribution in [-0.4, -0.2) is 50.6 Å². The molecule has 1 aliphatic heterocycles. The van der Waals surface area contributed by atoms with Gasteiger partial charge < -0.3 is 20.1 Å². The maximum absolute atomic E-state index is 11.4. The number of aryl methyl sites for hydroxylation is 1. The van der Waals surface area contributed by atoms with E-state index in [2.05, 4.69) is 0 Å². The summed E-state index contributed by atoms with van der Waals surface area (Å²) in [6.07, 6.45) is 8.90. The van der Waals surface area contributed by atoms with Crippen LogP contribution in [0.25, 0.3) is 0 Å². The maximum Gasteiger partial charge on any atom is 0.306 e. The maximum atomic E-state index is 11.4. The Kier molecular flexibility index (Phi) is 9.50. The number of hydrogen-bond donors (Lipinski definition) is 3. The molecular formula is C26H38O5S. The lowest BCUT2D eigenvalue weighted by molar-refractivity contribution is -0.142. The van der Waals surface area contributed by atoms with Crippen molar-refractivity contribution in [2.45, 2.75) is 81.5 Å². The second-order valence-electron chi connectivity index (χ2n) is 9.40. The van der Waals surface area contributed by atoms with Gasteiger partial charge in [0, 0.05) is 16.4 Å². The molecule has 2 fully saturated rings. The molecule has 1 saturated heterocycles. The number of thioether (sulfide) groups is 1. The van der Waals surface area contributed by atoms with Crippen molar-refractivity contribution in [1.82, 2.24) is 0 Å². The van der Waals surface area contributed by atoms with E-state index in [-0.39, 0.29) is 24.5 Å². The average Bonchev–Trinajstić information content (AvgIpc) is 3.07. The molecule has 1 aromatic carbocycles. The van der Waals surface area contributed by atoms with Gasteiger partial charge in [-0.25, -0.2) is 0 Å². The van der Waals surface area contributed by atoms with E-state index in [1.807, 2.05) is 56.0 Å². The predicted octanol–water partition coefficient (Wildman–Crippen LogP) is 4.83. The molecule has 1 aromatic rings. The van der Waals surface area contributed by atoms with Crippen molar-refractivity contribution >= 4 is 17.7 Å². The third-order valence-electron chi connectivity index (χ3n) is 6.87. The summed E-state index contributed by atoms with van der Waals surface area (Å²) in [5.74, 6) is 0.327. The summed E-state index contributed by atoms with van der Waals surface area (Å²) in [5.41, 5.74) is 1.12. The Morgan fingerprint density at radius 3 is 2.84 bits per heavy atom. The molecule has 1 saturated carbocycles. The summed E-state index contributed by atoms with van der Waals surface area (Å²) in [5, 5.41) is 31.3. The van der Waals surface area contributed by atoms with Crippen LogP contribution >= 0.6 is 11.8 Å². The molecule has 1 heterocycles. The Balaban J connectivity index is 1.47. The quantitative estimate of drug-likeness (QED) is 0.408. The second kappa shape index (κ2) is 12.1. The molecule has 1 aliphatic carbocycles. The number of carboxylic acid groups (broad SMARTS) is 1. The van der Waals surface area contributed by atoms with E-state index in [9.17, 15) is 20.1 Å². The van der Waals surface area contributed by atoms with Gasteiger partial charge in [0.2, 0.25) is 0 Å². The SMILES string of the molecule is CCCC(CC[C@H]1CC[C@@H]2[C@@H](/C=C/[C@@H](O)COc3cccc(C)c3)[C@H](O)C[C@@H]2S1)C(=O)O. The highest BCUT2D eigenvalue weighted by molar-refractivity contribution is 8.00. The zero-order valence-corrected chi connectivity index (χ0v) is 20.0. The monoisotopic (exact) mass is 462 g/mol. The lowest BCUT2D eigenvalue weighted by Crippen LogP contribution is -2.27. The van der Waals surface area contributed by atoms with Gasteiger partial charge in [-0.3, -0.25) is 4.79 Å². The van der Waals surface area contributed by atoms with Crippen LogP contribution in [0.4, 0.5) is 0 Å². The molecule has 0 radical (unpaired) electrons. The standard InChI is InChI=1S/C26H38O5S/c1-3-5-18(26(29)30)8-10-21-11-13-23-22(24(28)15-25(23)32-21)12-9-19(27)16-31-20-7-4-6-17(2)14-20/h4,6-7,9,12,14,18-19,21-25,27-28H,3,5,8,10-11,13,15-16H2,1-2H3,(H,29,30)/b12-9+/t18?,19-,21+,22-,23-,24-,25+/m1/s1. The van der Waals surface area contributed by atoms with Gasteiger partial charge in [0.15, 0.2) is 0 Å². The van der Waals surface area contributed by atoms with Crippen molar-refractivity contribution in [3.05, 3.63) is 42.0 Å². The number of fused-ring (bicyclic) bond motifs is 1. The lowest BCUT2D eigenvalue weighted by Gasteiger charge is -2.33. The minimum absolute atomic E-state index is 0.0638. The molecule has 0 bridgehead atoms. The fourth-order valence-corrected chi connectivity index (χ4v) is 7.01. The summed E-state index contributed by atoms with van der Waals surface area (Å²) in [6.45, 7) is 4.23. The molecule has 32 heavy (non-hydrogen) atoms. The van der Waals surface area contributed by atoms with Crippen LogP contribution in [0.3, 0.4) is 0 Å². The average molecular weight is 463 g/mol. The summed E-state index contributed by atoms with van der Waals surface area (Å²) in [6, 6.07) is 7.76. The molecule has 5 nitrogen and oxygen atoms in total. The van der Waals surface area contributed by atoms with Gasteiger partial charge in [-0.05, 0) is 69.1 Å². The van der Waals surface area contributed by atoms with Gasteiger partial charge >= 0.3 is 5.97 Å². The van der Waals surface area contributed by atoms with Crippen molar-refractivity contribution < 1.29 is 24.9 Å². The highest BCUT2D eigenvalue weighted by atomic mass is 32.2. The minimum atomic E-state index is -0.711. The molecule has 0 aromatic heterocycles. The fourth-order valence-electron chi connectivity index (χ4n) is 5.14. The van der Waals surface area contributed by atoms with Gasteiger partial charge in [0.25, 0.3) is 0 Å². The van der Waals surface area contributed by atoms with E-state index in [4.69, 9.17) is 4.74 Å². The smallest absolute Gasteiger partial charge is 0.306 e. The van der Waals surface area contributed by atoms with E-state index in [1.54, 1.807) is 6.08 Å². The first kappa shape index (κ1) is 25.1. The van der Waals surface area contributed by atoms with Gasteiger partial charge in [-0.15, -0.1) is 0 Å². The minimum Gasteiger partial charge on any atom is -0.491 e. The molecular weight excluding hydrogens is 424 g/mol. The molecule has 0 spiro atoms. The first-order valence-corrected chi connectivity index (χ1v) is 12.9. The Hall–Kier alpha value is -1.50. The van der Waals surface area contributed by atoms with Crippen LogP contribution in [0.2, 0.25) is 0 Å². The van der Waals surface area contributed by atoms with Crippen LogP contribution in [0.5, 0.6) is 5.75 Å². The Labute approximate surface area is 196 Å². The van der Waals surface area contributed by atoms with E-state index < -0.39 is 12.1 Å². The van der Waals surface area contributed by atoms with E-state index >= 15 is 0 Å². The first-order chi connectivity index (χ1) is 15.4. The second-order valence-corrected chi connectivity index (χ2v) is 10.9. The number of carbonyl (C=O) groups is 1. The topological polar surface area (TPSA) is 87.0 Å². The molecule has 0 amide bonds. The number of ether oxygens (including phenoxy) is 1. The molecule has 7 atom stereocenters. The Morgan fingerprint density at radius 2 is 2.12 bits per heavy atom. The largest absolute Gasteiger partial charge is 0.491 e. The fraction of sp³-hybridized carbons (Fsp3) is 0.654. The van der Waals surface area contributed by atoms with Crippen molar-refractivity contribution in [3.8, 4) is 5.75 Å². The summed E-state index contributed by atoms with van der Waals surface area (Å²) in [7, 11) is 0. The van der Waals surface area contributed by atoms with Crippen LogP contribution < -0.4 is 4.74 Å².